The van der Waals surface area contributed by atoms with Crippen molar-refractivity contribution < 1.29 is 0 Å². The van der Waals surface area contributed by atoms with Gasteiger partial charge in [-0.1, -0.05) is 6.92 Å². The Hall–Kier alpha value is -1.62. The van der Waals surface area contributed by atoms with Crippen molar-refractivity contribution >= 4 is 0 Å². The highest BCUT2D eigenvalue weighted by Crippen LogP contribution is 2.14. The lowest BCUT2D eigenvalue weighted by atomic mass is 10.2. The van der Waals surface area contributed by atoms with E-state index >= 15 is 0 Å². The minimum absolute atomic E-state index is 0.355. The van der Waals surface area contributed by atoms with E-state index < -0.39 is 0 Å². The Morgan fingerprint density at radius 1 is 1.37 bits per heavy atom. The van der Waals surface area contributed by atoms with Gasteiger partial charge in [0, 0.05) is 24.5 Å². The highest BCUT2D eigenvalue weighted by Gasteiger charge is 2.11. The van der Waals surface area contributed by atoms with Crippen molar-refractivity contribution in [2.45, 2.75) is 46.3 Å². The maximum atomic E-state index is 4.34. The summed E-state index contributed by atoms with van der Waals surface area (Å²) in [5, 5.41) is 7.74. The van der Waals surface area contributed by atoms with E-state index in [9.17, 15) is 0 Å². The molecule has 104 valence electrons. The quantitative estimate of drug-likeness (QED) is 0.831. The molecule has 0 amide bonds. The molecule has 19 heavy (non-hydrogen) atoms. The Kier molecular flexibility index (Phi) is 4.74. The molecule has 1 N–H and O–H groups in total. The van der Waals surface area contributed by atoms with Gasteiger partial charge in [-0.2, -0.15) is 5.10 Å². The SMILES string of the molecule is CCCNC(C)c1cccn1Cc1ncnn1CC. The Balaban J connectivity index is 2.11. The van der Waals surface area contributed by atoms with Gasteiger partial charge in [0.25, 0.3) is 0 Å². The zero-order valence-electron chi connectivity index (χ0n) is 12.0. The molecule has 0 saturated carbocycles. The van der Waals surface area contributed by atoms with Crippen molar-refractivity contribution in [3.05, 3.63) is 36.2 Å². The van der Waals surface area contributed by atoms with Gasteiger partial charge in [-0.15, -0.1) is 0 Å². The molecule has 0 spiro atoms. The molecule has 0 saturated heterocycles. The topological polar surface area (TPSA) is 47.7 Å². The fourth-order valence-electron chi connectivity index (χ4n) is 2.26. The average Bonchev–Trinajstić information content (AvgIpc) is 3.05. The Bertz CT molecular complexity index is 499. The third kappa shape index (κ3) is 3.23. The second-order valence-corrected chi connectivity index (χ2v) is 4.73. The molecule has 1 atom stereocenters. The third-order valence-electron chi connectivity index (χ3n) is 3.32. The fourth-order valence-corrected chi connectivity index (χ4v) is 2.26. The number of nitrogens with zero attached hydrogens (tertiary/aromatic N) is 4. The van der Waals surface area contributed by atoms with Crippen LogP contribution in [-0.2, 0) is 13.1 Å². The lowest BCUT2D eigenvalue weighted by molar-refractivity contribution is 0.521. The molecule has 0 radical (unpaired) electrons. The molecule has 2 aromatic heterocycles. The molecule has 0 bridgehead atoms. The first kappa shape index (κ1) is 13.8. The van der Waals surface area contributed by atoms with Crippen LogP contribution in [0.5, 0.6) is 0 Å². The predicted molar refractivity (Wildman–Crippen MR) is 75.9 cm³/mol. The monoisotopic (exact) mass is 261 g/mol. The normalized spacial score (nSPS) is 12.8. The molecule has 1 unspecified atom stereocenters. The van der Waals surface area contributed by atoms with E-state index in [-0.39, 0.29) is 0 Å². The summed E-state index contributed by atoms with van der Waals surface area (Å²) in [7, 11) is 0. The van der Waals surface area contributed by atoms with Gasteiger partial charge in [0.1, 0.15) is 12.2 Å². The molecule has 0 aromatic carbocycles. The number of aryl methyl sites for hydroxylation is 1. The van der Waals surface area contributed by atoms with Gasteiger partial charge >= 0.3 is 0 Å². The summed E-state index contributed by atoms with van der Waals surface area (Å²) in [6.07, 6.45) is 4.88. The number of aromatic nitrogens is 4. The van der Waals surface area contributed by atoms with Crippen LogP contribution in [0.2, 0.25) is 0 Å². The number of nitrogens with one attached hydrogen (secondary N) is 1. The van der Waals surface area contributed by atoms with E-state index in [0.29, 0.717) is 6.04 Å². The Morgan fingerprint density at radius 2 is 2.21 bits per heavy atom. The van der Waals surface area contributed by atoms with Gasteiger partial charge in [-0.05, 0) is 38.9 Å². The fraction of sp³-hybridized carbons (Fsp3) is 0.571. The van der Waals surface area contributed by atoms with Gasteiger partial charge < -0.3 is 9.88 Å². The molecular formula is C14H23N5. The molecule has 2 rings (SSSR count). The summed E-state index contributed by atoms with van der Waals surface area (Å²) in [5.74, 6) is 1.00. The number of hydrogen-bond donors (Lipinski definition) is 1. The molecule has 0 aliphatic heterocycles. The van der Waals surface area contributed by atoms with Crippen molar-refractivity contribution in [3.63, 3.8) is 0 Å². The highest BCUT2D eigenvalue weighted by atomic mass is 15.3. The molecule has 5 nitrogen and oxygen atoms in total. The van der Waals surface area contributed by atoms with Crippen molar-refractivity contribution in [1.29, 1.82) is 0 Å². The minimum atomic E-state index is 0.355. The van der Waals surface area contributed by atoms with Gasteiger partial charge in [0.2, 0.25) is 0 Å². The van der Waals surface area contributed by atoms with Crippen molar-refractivity contribution in [2.75, 3.05) is 6.54 Å². The Morgan fingerprint density at radius 3 is 2.95 bits per heavy atom. The zero-order valence-corrected chi connectivity index (χ0v) is 12.0. The van der Waals surface area contributed by atoms with Crippen LogP contribution in [-0.4, -0.2) is 25.9 Å². The number of rotatable bonds is 7. The first-order valence-electron chi connectivity index (χ1n) is 7.01. The largest absolute Gasteiger partial charge is 0.342 e. The van der Waals surface area contributed by atoms with Crippen LogP contribution >= 0.6 is 0 Å². The summed E-state index contributed by atoms with van der Waals surface area (Å²) >= 11 is 0. The molecule has 0 aliphatic rings. The van der Waals surface area contributed by atoms with Crippen LogP contribution in [0.15, 0.2) is 24.7 Å². The maximum Gasteiger partial charge on any atom is 0.146 e. The van der Waals surface area contributed by atoms with Crippen molar-refractivity contribution in [2.24, 2.45) is 0 Å². The summed E-state index contributed by atoms with van der Waals surface area (Å²) in [6.45, 7) is 9.14. The van der Waals surface area contributed by atoms with E-state index in [4.69, 9.17) is 0 Å². The standard InChI is InChI=1S/C14H23N5/c1-4-8-15-12(3)13-7-6-9-18(13)10-14-16-11-17-19(14)5-2/h6-7,9,11-12,15H,4-5,8,10H2,1-3H3. The van der Waals surface area contributed by atoms with Crippen molar-refractivity contribution in [3.8, 4) is 0 Å². The van der Waals surface area contributed by atoms with Gasteiger partial charge in [-0.3, -0.25) is 0 Å². The van der Waals surface area contributed by atoms with E-state index in [1.807, 2.05) is 4.68 Å². The maximum absolute atomic E-state index is 4.34. The molecule has 0 aliphatic carbocycles. The molecule has 0 fully saturated rings. The summed E-state index contributed by atoms with van der Waals surface area (Å²) in [4.78, 5) is 4.34. The number of hydrogen-bond acceptors (Lipinski definition) is 3. The molecular weight excluding hydrogens is 238 g/mol. The van der Waals surface area contributed by atoms with E-state index in [0.717, 1.165) is 31.9 Å². The molecule has 5 heteroatoms. The Labute approximate surface area is 114 Å². The van der Waals surface area contributed by atoms with Crippen LogP contribution in [0.3, 0.4) is 0 Å². The minimum Gasteiger partial charge on any atom is -0.342 e. The highest BCUT2D eigenvalue weighted by molar-refractivity contribution is 5.12. The zero-order chi connectivity index (χ0) is 13.7. The van der Waals surface area contributed by atoms with E-state index in [2.05, 4.69) is 59.1 Å². The first-order chi connectivity index (χ1) is 9.26. The lowest BCUT2D eigenvalue weighted by Gasteiger charge is -2.16. The van der Waals surface area contributed by atoms with Crippen molar-refractivity contribution in [1.82, 2.24) is 24.6 Å². The first-order valence-corrected chi connectivity index (χ1v) is 7.01. The van der Waals surface area contributed by atoms with Gasteiger partial charge in [-0.25, -0.2) is 9.67 Å². The van der Waals surface area contributed by atoms with Crippen LogP contribution < -0.4 is 5.32 Å². The van der Waals surface area contributed by atoms with Gasteiger partial charge in [0.05, 0.1) is 6.54 Å². The second kappa shape index (κ2) is 6.52. The summed E-state index contributed by atoms with van der Waals surface area (Å²) < 4.78 is 4.18. The van der Waals surface area contributed by atoms with Crippen LogP contribution in [0.4, 0.5) is 0 Å². The lowest BCUT2D eigenvalue weighted by Crippen LogP contribution is -2.22. The van der Waals surface area contributed by atoms with Crippen LogP contribution in [0, 0.1) is 0 Å². The molecule has 2 aromatic rings. The predicted octanol–water partition coefficient (Wildman–Crippen LogP) is 2.21. The average molecular weight is 261 g/mol. The van der Waals surface area contributed by atoms with Gasteiger partial charge in [0.15, 0.2) is 0 Å². The second-order valence-electron chi connectivity index (χ2n) is 4.73. The van der Waals surface area contributed by atoms with E-state index in [1.54, 1.807) is 6.33 Å². The summed E-state index contributed by atoms with van der Waals surface area (Å²) in [5.41, 5.74) is 1.29. The molecule has 2 heterocycles. The smallest absolute Gasteiger partial charge is 0.146 e. The van der Waals surface area contributed by atoms with E-state index in [1.165, 1.54) is 5.69 Å². The third-order valence-corrected chi connectivity index (χ3v) is 3.32. The summed E-state index contributed by atoms with van der Waals surface area (Å²) in [6, 6.07) is 4.61. The van der Waals surface area contributed by atoms with Crippen LogP contribution in [0.25, 0.3) is 0 Å². The van der Waals surface area contributed by atoms with Crippen LogP contribution in [0.1, 0.15) is 44.8 Å².